The Labute approximate surface area is 148 Å². The predicted octanol–water partition coefficient (Wildman–Crippen LogP) is 3.87. The minimum Gasteiger partial charge on any atom is -0.424 e. The molecule has 130 valence electrons. The van der Waals surface area contributed by atoms with Gasteiger partial charge in [-0.1, -0.05) is 6.07 Å². The van der Waals surface area contributed by atoms with Crippen molar-refractivity contribution in [1.82, 2.24) is 19.4 Å². The zero-order valence-corrected chi connectivity index (χ0v) is 14.0. The van der Waals surface area contributed by atoms with Crippen molar-refractivity contribution in [2.24, 2.45) is 0 Å². The second-order valence-electron chi connectivity index (χ2n) is 5.66. The normalized spacial score (nSPS) is 11.0. The maximum absolute atomic E-state index is 13.2. The van der Waals surface area contributed by atoms with E-state index in [0.29, 0.717) is 12.4 Å². The smallest absolute Gasteiger partial charge is 0.321 e. The standard InChI is InChI=1S/C19H15FN4O2/c1-25-12-16-11-24-10-13(5-6-18(24)23-16)14-8-21-19(22-9-14)26-17-4-2-3-15(20)7-17/h2-11H,12H2,1H3. The first-order valence-electron chi connectivity index (χ1n) is 7.94. The van der Waals surface area contributed by atoms with Gasteiger partial charge in [0.25, 0.3) is 0 Å². The lowest BCUT2D eigenvalue weighted by atomic mass is 10.1. The number of fused-ring (bicyclic) bond motifs is 1. The molecule has 0 spiro atoms. The van der Waals surface area contributed by atoms with Crippen LogP contribution in [0.15, 0.2) is 61.2 Å². The Morgan fingerprint density at radius 3 is 2.65 bits per heavy atom. The molecule has 4 rings (SSSR count). The molecular formula is C19H15FN4O2. The van der Waals surface area contributed by atoms with E-state index in [1.165, 1.54) is 12.1 Å². The fraction of sp³-hybridized carbons (Fsp3) is 0.105. The van der Waals surface area contributed by atoms with E-state index in [2.05, 4.69) is 15.0 Å². The van der Waals surface area contributed by atoms with Gasteiger partial charge in [-0.3, -0.25) is 0 Å². The van der Waals surface area contributed by atoms with Crippen LogP contribution in [-0.2, 0) is 11.3 Å². The van der Waals surface area contributed by atoms with Gasteiger partial charge in [0.05, 0.1) is 12.3 Å². The average Bonchev–Trinajstić information content (AvgIpc) is 3.04. The van der Waals surface area contributed by atoms with Gasteiger partial charge in [-0.2, -0.15) is 0 Å². The summed E-state index contributed by atoms with van der Waals surface area (Å²) in [6, 6.07) is 9.87. The van der Waals surface area contributed by atoms with Gasteiger partial charge >= 0.3 is 6.01 Å². The maximum atomic E-state index is 13.2. The zero-order valence-electron chi connectivity index (χ0n) is 14.0. The van der Waals surface area contributed by atoms with Crippen molar-refractivity contribution < 1.29 is 13.9 Å². The van der Waals surface area contributed by atoms with Crippen molar-refractivity contribution >= 4 is 5.65 Å². The number of ether oxygens (including phenoxy) is 2. The summed E-state index contributed by atoms with van der Waals surface area (Å²) in [6.07, 6.45) is 7.20. The Kier molecular flexibility index (Phi) is 4.28. The third-order valence-corrected chi connectivity index (χ3v) is 3.76. The van der Waals surface area contributed by atoms with Crippen LogP contribution in [0.25, 0.3) is 16.8 Å². The van der Waals surface area contributed by atoms with Crippen molar-refractivity contribution in [2.75, 3.05) is 7.11 Å². The van der Waals surface area contributed by atoms with Gasteiger partial charge in [-0.15, -0.1) is 0 Å². The molecule has 0 saturated heterocycles. The minimum atomic E-state index is -0.374. The van der Waals surface area contributed by atoms with Gasteiger partial charge in [0, 0.05) is 49.1 Å². The minimum absolute atomic E-state index is 0.158. The fourth-order valence-electron chi connectivity index (χ4n) is 2.59. The Balaban J connectivity index is 1.57. The number of rotatable bonds is 5. The highest BCUT2D eigenvalue weighted by Crippen LogP contribution is 2.22. The predicted molar refractivity (Wildman–Crippen MR) is 93.4 cm³/mol. The molecule has 0 fully saturated rings. The molecule has 0 aliphatic heterocycles. The fourth-order valence-corrected chi connectivity index (χ4v) is 2.59. The molecule has 0 N–H and O–H groups in total. The van der Waals surface area contributed by atoms with Crippen molar-refractivity contribution in [3.8, 4) is 22.9 Å². The summed E-state index contributed by atoms with van der Waals surface area (Å²) in [5.41, 5.74) is 3.48. The number of benzene rings is 1. The zero-order chi connectivity index (χ0) is 17.9. The molecule has 0 radical (unpaired) electrons. The van der Waals surface area contributed by atoms with Crippen LogP contribution in [0.4, 0.5) is 4.39 Å². The van der Waals surface area contributed by atoms with Crippen LogP contribution in [-0.4, -0.2) is 26.5 Å². The number of aromatic nitrogens is 4. The van der Waals surface area contributed by atoms with E-state index in [1.54, 1.807) is 31.6 Å². The highest BCUT2D eigenvalue weighted by atomic mass is 19.1. The molecule has 0 atom stereocenters. The lowest BCUT2D eigenvalue weighted by Gasteiger charge is -2.05. The molecule has 6 nitrogen and oxygen atoms in total. The molecule has 4 aromatic rings. The molecule has 26 heavy (non-hydrogen) atoms. The third kappa shape index (κ3) is 3.38. The first-order valence-corrected chi connectivity index (χ1v) is 7.94. The number of nitrogens with zero attached hydrogens (tertiary/aromatic N) is 4. The number of hydrogen-bond acceptors (Lipinski definition) is 5. The number of halogens is 1. The Morgan fingerprint density at radius 1 is 1.04 bits per heavy atom. The molecule has 0 saturated carbocycles. The van der Waals surface area contributed by atoms with E-state index >= 15 is 0 Å². The van der Waals surface area contributed by atoms with Crippen LogP contribution in [0.2, 0.25) is 0 Å². The summed E-state index contributed by atoms with van der Waals surface area (Å²) in [7, 11) is 1.64. The molecule has 3 aromatic heterocycles. The van der Waals surface area contributed by atoms with E-state index in [4.69, 9.17) is 9.47 Å². The molecule has 0 amide bonds. The van der Waals surface area contributed by atoms with Crippen LogP contribution in [0, 0.1) is 5.82 Å². The highest BCUT2D eigenvalue weighted by molar-refractivity contribution is 5.63. The Hall–Kier alpha value is -3.32. The molecule has 0 unspecified atom stereocenters. The van der Waals surface area contributed by atoms with Gasteiger partial charge in [-0.05, 0) is 24.3 Å². The number of imidazole rings is 1. The van der Waals surface area contributed by atoms with E-state index in [1.807, 2.05) is 28.9 Å². The maximum Gasteiger partial charge on any atom is 0.321 e. The average molecular weight is 350 g/mol. The Morgan fingerprint density at radius 2 is 1.88 bits per heavy atom. The van der Waals surface area contributed by atoms with Crippen LogP contribution in [0.1, 0.15) is 5.69 Å². The number of methoxy groups -OCH3 is 1. The van der Waals surface area contributed by atoms with E-state index in [0.717, 1.165) is 22.5 Å². The van der Waals surface area contributed by atoms with Crippen molar-refractivity contribution in [1.29, 1.82) is 0 Å². The third-order valence-electron chi connectivity index (χ3n) is 3.76. The van der Waals surface area contributed by atoms with Gasteiger partial charge in [-0.25, -0.2) is 19.3 Å². The van der Waals surface area contributed by atoms with Crippen LogP contribution >= 0.6 is 0 Å². The van der Waals surface area contributed by atoms with E-state index in [9.17, 15) is 4.39 Å². The van der Waals surface area contributed by atoms with Crippen molar-refractivity contribution in [2.45, 2.75) is 6.61 Å². The molecule has 7 heteroatoms. The second-order valence-corrected chi connectivity index (χ2v) is 5.66. The molecule has 1 aromatic carbocycles. The topological polar surface area (TPSA) is 61.5 Å². The van der Waals surface area contributed by atoms with Crippen LogP contribution in [0.3, 0.4) is 0 Å². The molecule has 0 aliphatic rings. The first kappa shape index (κ1) is 16.2. The van der Waals surface area contributed by atoms with Gasteiger partial charge in [0.15, 0.2) is 0 Å². The second kappa shape index (κ2) is 6.89. The van der Waals surface area contributed by atoms with E-state index < -0.39 is 0 Å². The van der Waals surface area contributed by atoms with Crippen LogP contribution in [0.5, 0.6) is 11.8 Å². The summed E-state index contributed by atoms with van der Waals surface area (Å²) in [6.45, 7) is 0.465. The largest absolute Gasteiger partial charge is 0.424 e. The quantitative estimate of drug-likeness (QED) is 0.547. The molecule has 3 heterocycles. The molecular weight excluding hydrogens is 335 g/mol. The van der Waals surface area contributed by atoms with E-state index in [-0.39, 0.29) is 11.8 Å². The molecule has 0 bridgehead atoms. The van der Waals surface area contributed by atoms with Crippen molar-refractivity contribution in [3.05, 3.63) is 72.7 Å². The summed E-state index contributed by atoms with van der Waals surface area (Å²) >= 11 is 0. The number of hydrogen-bond donors (Lipinski definition) is 0. The lowest BCUT2D eigenvalue weighted by Crippen LogP contribution is -1.93. The van der Waals surface area contributed by atoms with Gasteiger partial charge < -0.3 is 13.9 Å². The number of pyridine rings is 1. The van der Waals surface area contributed by atoms with Gasteiger partial charge in [0.2, 0.25) is 0 Å². The Bertz CT molecular complexity index is 1050. The monoisotopic (exact) mass is 350 g/mol. The van der Waals surface area contributed by atoms with Crippen molar-refractivity contribution in [3.63, 3.8) is 0 Å². The summed E-state index contributed by atoms with van der Waals surface area (Å²) in [4.78, 5) is 12.8. The van der Waals surface area contributed by atoms with Crippen LogP contribution < -0.4 is 4.74 Å². The van der Waals surface area contributed by atoms with Gasteiger partial charge in [0.1, 0.15) is 17.2 Å². The summed E-state index contributed by atoms with van der Waals surface area (Å²) in [5, 5.41) is 0. The summed E-state index contributed by atoms with van der Waals surface area (Å²) in [5.74, 6) is -0.0242. The highest BCUT2D eigenvalue weighted by Gasteiger charge is 2.06. The SMILES string of the molecule is COCc1cn2cc(-c3cnc(Oc4cccc(F)c4)nc3)ccc2n1. The first-order chi connectivity index (χ1) is 12.7. The molecule has 0 aliphatic carbocycles. The summed E-state index contributed by atoms with van der Waals surface area (Å²) < 4.78 is 25.7. The lowest BCUT2D eigenvalue weighted by molar-refractivity contribution is 0.182.